The predicted molar refractivity (Wildman–Crippen MR) is 121 cm³/mol. The number of hydrogen-bond acceptors (Lipinski definition) is 3. The summed E-state index contributed by atoms with van der Waals surface area (Å²) in [6.07, 6.45) is 0.419. The van der Waals surface area contributed by atoms with Crippen molar-refractivity contribution in [3.8, 4) is 0 Å². The van der Waals surface area contributed by atoms with Gasteiger partial charge in [0, 0.05) is 35.5 Å². The maximum atomic E-state index is 12.2. The van der Waals surface area contributed by atoms with Crippen molar-refractivity contribution in [2.45, 2.75) is 45.1 Å². The van der Waals surface area contributed by atoms with Crippen molar-refractivity contribution in [3.05, 3.63) is 69.7 Å². The third kappa shape index (κ3) is 7.88. The Morgan fingerprint density at radius 1 is 1.10 bits per heavy atom. The number of primary amides is 1. The van der Waals surface area contributed by atoms with Crippen LogP contribution in [0.2, 0.25) is 10.0 Å². The van der Waals surface area contributed by atoms with Gasteiger partial charge in [0.1, 0.15) is 5.60 Å². The smallest absolute Gasteiger partial charge is 0.405 e. The number of ether oxygens (including phenoxy) is 1. The summed E-state index contributed by atoms with van der Waals surface area (Å²) in [5.41, 5.74) is 6.55. The number of amides is 2. The van der Waals surface area contributed by atoms with Crippen LogP contribution in [-0.4, -0.2) is 35.6 Å². The molecule has 7 heteroatoms. The van der Waals surface area contributed by atoms with Crippen LogP contribution in [0.15, 0.2) is 48.5 Å². The van der Waals surface area contributed by atoms with E-state index in [0.29, 0.717) is 28.8 Å². The summed E-state index contributed by atoms with van der Waals surface area (Å²) < 4.78 is 4.58. The van der Waals surface area contributed by atoms with Gasteiger partial charge in [-0.3, -0.25) is 4.79 Å². The maximum Gasteiger partial charge on any atom is 0.405 e. The van der Waals surface area contributed by atoms with Crippen molar-refractivity contribution in [1.29, 1.82) is 0 Å². The summed E-state index contributed by atoms with van der Waals surface area (Å²) in [6.45, 7) is 6.92. The fourth-order valence-corrected chi connectivity index (χ4v) is 3.55. The zero-order chi connectivity index (χ0) is 22.3. The minimum absolute atomic E-state index is 0.193. The zero-order valence-electron chi connectivity index (χ0n) is 17.5. The zero-order valence-corrected chi connectivity index (χ0v) is 19.0. The second kappa shape index (κ2) is 10.7. The SMILES string of the molecule is CC(C)(C)OC(N)=O.O=C(CCc1ccc(Cl)cc1Cl)N1CC(c2ccccc2)C1. The highest BCUT2D eigenvalue weighted by Crippen LogP contribution is 2.28. The summed E-state index contributed by atoms with van der Waals surface area (Å²) in [5, 5.41) is 1.25. The monoisotopic (exact) mass is 450 g/mol. The van der Waals surface area contributed by atoms with E-state index in [9.17, 15) is 9.59 Å². The Kier molecular flexibility index (Phi) is 8.56. The molecule has 2 amide bonds. The molecule has 2 aromatic rings. The third-order valence-corrected chi connectivity index (χ3v) is 5.12. The van der Waals surface area contributed by atoms with E-state index >= 15 is 0 Å². The Hall–Kier alpha value is -2.24. The quantitative estimate of drug-likeness (QED) is 0.674. The highest BCUT2D eigenvalue weighted by molar-refractivity contribution is 6.35. The van der Waals surface area contributed by atoms with Crippen LogP contribution >= 0.6 is 23.2 Å². The van der Waals surface area contributed by atoms with Crippen molar-refractivity contribution < 1.29 is 14.3 Å². The van der Waals surface area contributed by atoms with Gasteiger partial charge in [-0.05, 0) is 50.5 Å². The predicted octanol–water partition coefficient (Wildman–Crippen LogP) is 5.43. The van der Waals surface area contributed by atoms with Gasteiger partial charge in [0.2, 0.25) is 5.91 Å². The first-order valence-electron chi connectivity index (χ1n) is 9.80. The summed E-state index contributed by atoms with van der Waals surface area (Å²) in [7, 11) is 0. The summed E-state index contributed by atoms with van der Waals surface area (Å²) in [4.78, 5) is 24.1. The summed E-state index contributed by atoms with van der Waals surface area (Å²) in [6, 6.07) is 15.8. The average Bonchev–Trinajstić information content (AvgIpc) is 2.59. The number of carbonyl (C=O) groups excluding carboxylic acids is 2. The average molecular weight is 451 g/mol. The molecule has 1 saturated heterocycles. The maximum absolute atomic E-state index is 12.2. The van der Waals surface area contributed by atoms with Crippen LogP contribution in [0.5, 0.6) is 0 Å². The number of halogens is 2. The molecule has 1 heterocycles. The largest absolute Gasteiger partial charge is 0.444 e. The molecule has 0 bridgehead atoms. The Morgan fingerprint density at radius 2 is 1.73 bits per heavy atom. The van der Waals surface area contributed by atoms with Gasteiger partial charge in [-0.2, -0.15) is 0 Å². The summed E-state index contributed by atoms with van der Waals surface area (Å²) in [5.74, 6) is 0.669. The molecule has 0 aromatic heterocycles. The van der Waals surface area contributed by atoms with E-state index in [4.69, 9.17) is 28.9 Å². The van der Waals surface area contributed by atoms with Crippen LogP contribution in [0.3, 0.4) is 0 Å². The Labute approximate surface area is 188 Å². The topological polar surface area (TPSA) is 72.6 Å². The molecule has 5 nitrogen and oxygen atoms in total. The molecule has 2 aromatic carbocycles. The molecule has 0 radical (unpaired) electrons. The van der Waals surface area contributed by atoms with E-state index in [1.54, 1.807) is 26.8 Å². The van der Waals surface area contributed by atoms with Crippen LogP contribution in [0.4, 0.5) is 4.79 Å². The van der Waals surface area contributed by atoms with Crippen LogP contribution in [0.25, 0.3) is 0 Å². The van der Waals surface area contributed by atoms with Crippen molar-refractivity contribution in [2.75, 3.05) is 13.1 Å². The Bertz CT molecular complexity index is 860. The fraction of sp³-hybridized carbons (Fsp3) is 0.391. The lowest BCUT2D eigenvalue weighted by atomic mass is 9.91. The second-order valence-electron chi connectivity index (χ2n) is 8.18. The molecule has 0 aliphatic carbocycles. The van der Waals surface area contributed by atoms with Crippen molar-refractivity contribution in [3.63, 3.8) is 0 Å². The number of nitrogens with two attached hydrogens (primary N) is 1. The van der Waals surface area contributed by atoms with Gasteiger partial charge < -0.3 is 15.4 Å². The molecular weight excluding hydrogens is 423 g/mol. The first-order valence-corrected chi connectivity index (χ1v) is 10.6. The van der Waals surface area contributed by atoms with Crippen molar-refractivity contribution in [2.24, 2.45) is 5.73 Å². The van der Waals surface area contributed by atoms with Gasteiger partial charge in [-0.15, -0.1) is 0 Å². The molecular formula is C23H28Cl2N2O3. The molecule has 0 atom stereocenters. The van der Waals surface area contributed by atoms with Gasteiger partial charge in [0.15, 0.2) is 0 Å². The van der Waals surface area contributed by atoms with Gasteiger partial charge in [-0.1, -0.05) is 59.6 Å². The van der Waals surface area contributed by atoms with E-state index < -0.39 is 11.7 Å². The molecule has 0 saturated carbocycles. The molecule has 1 aliphatic rings. The fourth-order valence-electron chi connectivity index (χ4n) is 3.04. The number of aryl methyl sites for hydroxylation is 1. The standard InChI is InChI=1S/C18H17Cl2NO.C5H11NO2/c19-16-8-6-14(17(20)10-16)7-9-18(22)21-11-15(12-21)13-4-2-1-3-5-13;1-5(2,3)8-4(6)7/h1-6,8,10,15H,7,9,11-12H2;1-3H3,(H2,6,7). The number of hydrogen-bond donors (Lipinski definition) is 1. The summed E-state index contributed by atoms with van der Waals surface area (Å²) >= 11 is 12.0. The lowest BCUT2D eigenvalue weighted by molar-refractivity contribution is -0.135. The lowest BCUT2D eigenvalue weighted by Gasteiger charge is -2.39. The third-order valence-electron chi connectivity index (χ3n) is 4.54. The van der Waals surface area contributed by atoms with E-state index in [1.807, 2.05) is 35.2 Å². The molecule has 0 spiro atoms. The molecule has 3 rings (SSSR count). The second-order valence-corrected chi connectivity index (χ2v) is 9.02. The molecule has 1 aliphatic heterocycles. The van der Waals surface area contributed by atoms with E-state index in [0.717, 1.165) is 18.7 Å². The molecule has 1 fully saturated rings. The van der Waals surface area contributed by atoms with Gasteiger partial charge >= 0.3 is 6.09 Å². The van der Waals surface area contributed by atoms with Gasteiger partial charge in [0.05, 0.1) is 0 Å². The number of carbonyl (C=O) groups is 2. The Morgan fingerprint density at radius 3 is 2.23 bits per heavy atom. The van der Waals surface area contributed by atoms with Crippen LogP contribution in [0, 0.1) is 0 Å². The normalized spacial score (nSPS) is 13.7. The first-order chi connectivity index (χ1) is 14.0. The number of nitrogens with zero attached hydrogens (tertiary/aromatic N) is 1. The molecule has 2 N–H and O–H groups in total. The van der Waals surface area contributed by atoms with Crippen LogP contribution in [0.1, 0.15) is 44.2 Å². The van der Waals surface area contributed by atoms with Gasteiger partial charge in [-0.25, -0.2) is 4.79 Å². The number of rotatable bonds is 4. The van der Waals surface area contributed by atoms with E-state index in [2.05, 4.69) is 16.9 Å². The molecule has 0 unspecified atom stereocenters. The number of benzene rings is 2. The van der Waals surface area contributed by atoms with E-state index in [1.165, 1.54) is 5.56 Å². The minimum Gasteiger partial charge on any atom is -0.444 e. The minimum atomic E-state index is -0.725. The van der Waals surface area contributed by atoms with Crippen molar-refractivity contribution in [1.82, 2.24) is 4.90 Å². The van der Waals surface area contributed by atoms with Crippen LogP contribution < -0.4 is 5.73 Å². The molecule has 162 valence electrons. The van der Waals surface area contributed by atoms with Crippen LogP contribution in [-0.2, 0) is 16.0 Å². The highest BCUT2D eigenvalue weighted by atomic mass is 35.5. The van der Waals surface area contributed by atoms with Crippen molar-refractivity contribution >= 4 is 35.2 Å². The number of likely N-dealkylation sites (tertiary alicyclic amines) is 1. The highest BCUT2D eigenvalue weighted by Gasteiger charge is 2.31. The lowest BCUT2D eigenvalue weighted by Crippen LogP contribution is -2.48. The van der Waals surface area contributed by atoms with E-state index in [-0.39, 0.29) is 5.91 Å². The molecule has 30 heavy (non-hydrogen) atoms. The first kappa shape index (κ1) is 24.0. The Balaban J connectivity index is 0.000000343. The van der Waals surface area contributed by atoms with Gasteiger partial charge in [0.25, 0.3) is 0 Å².